The van der Waals surface area contributed by atoms with Crippen molar-refractivity contribution in [3.05, 3.63) is 22.8 Å². The van der Waals surface area contributed by atoms with Crippen molar-refractivity contribution in [3.8, 4) is 0 Å². The van der Waals surface area contributed by atoms with Crippen LogP contribution in [0.25, 0.3) is 0 Å². The first-order chi connectivity index (χ1) is 8.17. The van der Waals surface area contributed by atoms with Crippen molar-refractivity contribution in [2.24, 2.45) is 5.92 Å². The Labute approximate surface area is 111 Å². The van der Waals surface area contributed by atoms with E-state index in [-0.39, 0.29) is 11.8 Å². The van der Waals surface area contributed by atoms with Gasteiger partial charge in [0, 0.05) is 5.92 Å². The summed E-state index contributed by atoms with van der Waals surface area (Å²) in [6.07, 6.45) is 3.94. The van der Waals surface area contributed by atoms with Crippen molar-refractivity contribution in [2.45, 2.75) is 39.5 Å². The molecule has 0 bridgehead atoms. The number of halogens is 1. The predicted octanol–water partition coefficient (Wildman–Crippen LogP) is 4.00. The molecular formula is C13H19BrN2O. The van der Waals surface area contributed by atoms with Crippen LogP contribution in [-0.2, 0) is 4.79 Å². The van der Waals surface area contributed by atoms with E-state index in [1.807, 2.05) is 12.1 Å². The molecular weight excluding hydrogens is 280 g/mol. The number of anilines is 1. The Kier molecular flexibility index (Phi) is 6.19. The van der Waals surface area contributed by atoms with Gasteiger partial charge < -0.3 is 5.32 Å². The SMILES string of the molecule is CCCC(CCC)C(=O)Nc1cccc(Br)n1. The van der Waals surface area contributed by atoms with E-state index in [0.717, 1.165) is 30.3 Å². The van der Waals surface area contributed by atoms with Gasteiger partial charge in [0.2, 0.25) is 5.91 Å². The van der Waals surface area contributed by atoms with Gasteiger partial charge in [-0.2, -0.15) is 0 Å². The number of hydrogen-bond acceptors (Lipinski definition) is 2. The van der Waals surface area contributed by atoms with E-state index in [4.69, 9.17) is 0 Å². The maximum Gasteiger partial charge on any atom is 0.228 e. The second kappa shape index (κ2) is 7.43. The third-order valence-electron chi connectivity index (χ3n) is 2.61. The molecule has 0 radical (unpaired) electrons. The molecule has 1 aromatic heterocycles. The molecule has 3 nitrogen and oxygen atoms in total. The molecule has 0 aliphatic rings. The smallest absolute Gasteiger partial charge is 0.228 e. The fraction of sp³-hybridized carbons (Fsp3) is 0.538. The maximum atomic E-state index is 12.0. The van der Waals surface area contributed by atoms with E-state index in [1.54, 1.807) is 6.07 Å². The molecule has 0 aliphatic carbocycles. The van der Waals surface area contributed by atoms with Crippen molar-refractivity contribution < 1.29 is 4.79 Å². The topological polar surface area (TPSA) is 42.0 Å². The summed E-state index contributed by atoms with van der Waals surface area (Å²) in [6.45, 7) is 4.21. The number of nitrogens with zero attached hydrogens (tertiary/aromatic N) is 1. The van der Waals surface area contributed by atoms with Crippen LogP contribution in [0.15, 0.2) is 22.8 Å². The summed E-state index contributed by atoms with van der Waals surface area (Å²) < 4.78 is 0.734. The van der Waals surface area contributed by atoms with Crippen molar-refractivity contribution >= 4 is 27.7 Å². The summed E-state index contributed by atoms with van der Waals surface area (Å²) in [5.74, 6) is 0.798. The largest absolute Gasteiger partial charge is 0.310 e. The normalized spacial score (nSPS) is 10.6. The quantitative estimate of drug-likeness (QED) is 0.807. The summed E-state index contributed by atoms with van der Waals surface area (Å²) in [5, 5.41) is 2.87. The van der Waals surface area contributed by atoms with Gasteiger partial charge in [-0.1, -0.05) is 32.8 Å². The predicted molar refractivity (Wildman–Crippen MR) is 73.9 cm³/mol. The first kappa shape index (κ1) is 14.2. The molecule has 17 heavy (non-hydrogen) atoms. The number of pyridine rings is 1. The number of carbonyl (C=O) groups is 1. The molecule has 0 fully saturated rings. The van der Waals surface area contributed by atoms with E-state index < -0.39 is 0 Å². The Morgan fingerprint density at radius 1 is 1.35 bits per heavy atom. The number of carbonyl (C=O) groups excluding carboxylic acids is 1. The number of nitrogens with one attached hydrogen (secondary N) is 1. The summed E-state index contributed by atoms with van der Waals surface area (Å²) in [5.41, 5.74) is 0. The van der Waals surface area contributed by atoms with E-state index in [9.17, 15) is 4.79 Å². The number of hydrogen-bond donors (Lipinski definition) is 1. The lowest BCUT2D eigenvalue weighted by molar-refractivity contribution is -0.120. The summed E-state index contributed by atoms with van der Waals surface area (Å²) in [4.78, 5) is 16.2. The van der Waals surface area contributed by atoms with Crippen LogP contribution in [0.3, 0.4) is 0 Å². The zero-order valence-corrected chi connectivity index (χ0v) is 12.0. The third-order valence-corrected chi connectivity index (χ3v) is 3.05. The summed E-state index contributed by atoms with van der Waals surface area (Å²) >= 11 is 3.29. The van der Waals surface area contributed by atoms with Gasteiger partial charge in [-0.05, 0) is 40.9 Å². The average molecular weight is 299 g/mol. The second-order valence-electron chi connectivity index (χ2n) is 4.11. The first-order valence-electron chi connectivity index (χ1n) is 6.10. The molecule has 1 rings (SSSR count). The lowest BCUT2D eigenvalue weighted by Crippen LogP contribution is -2.23. The van der Waals surface area contributed by atoms with E-state index in [2.05, 4.69) is 40.1 Å². The Morgan fingerprint density at radius 2 is 2.00 bits per heavy atom. The highest BCUT2D eigenvalue weighted by Crippen LogP contribution is 2.17. The van der Waals surface area contributed by atoms with Crippen LogP contribution < -0.4 is 5.32 Å². The molecule has 1 aromatic rings. The van der Waals surface area contributed by atoms with Crippen LogP contribution in [0.4, 0.5) is 5.82 Å². The van der Waals surface area contributed by atoms with Gasteiger partial charge in [0.1, 0.15) is 10.4 Å². The number of rotatable bonds is 6. The zero-order chi connectivity index (χ0) is 12.7. The van der Waals surface area contributed by atoms with Gasteiger partial charge in [-0.3, -0.25) is 4.79 Å². The van der Waals surface area contributed by atoms with Crippen LogP contribution in [-0.4, -0.2) is 10.9 Å². The minimum absolute atomic E-state index is 0.0827. The molecule has 0 aromatic carbocycles. The van der Waals surface area contributed by atoms with Crippen molar-refractivity contribution in [3.63, 3.8) is 0 Å². The monoisotopic (exact) mass is 298 g/mol. The average Bonchev–Trinajstić information content (AvgIpc) is 2.28. The van der Waals surface area contributed by atoms with Crippen LogP contribution in [0.2, 0.25) is 0 Å². The number of amides is 1. The van der Waals surface area contributed by atoms with Crippen molar-refractivity contribution in [2.75, 3.05) is 5.32 Å². The summed E-state index contributed by atoms with van der Waals surface area (Å²) in [6, 6.07) is 5.50. The van der Waals surface area contributed by atoms with E-state index >= 15 is 0 Å². The Morgan fingerprint density at radius 3 is 2.53 bits per heavy atom. The van der Waals surface area contributed by atoms with Gasteiger partial charge in [-0.25, -0.2) is 4.98 Å². The zero-order valence-electron chi connectivity index (χ0n) is 10.4. The molecule has 1 heterocycles. The molecule has 0 atom stereocenters. The molecule has 0 spiro atoms. The maximum absolute atomic E-state index is 12.0. The third kappa shape index (κ3) is 4.86. The lowest BCUT2D eigenvalue weighted by atomic mass is 9.97. The molecule has 1 N–H and O–H groups in total. The van der Waals surface area contributed by atoms with Gasteiger partial charge in [-0.15, -0.1) is 0 Å². The number of aromatic nitrogens is 1. The highest BCUT2D eigenvalue weighted by molar-refractivity contribution is 9.10. The second-order valence-corrected chi connectivity index (χ2v) is 4.92. The van der Waals surface area contributed by atoms with Gasteiger partial charge >= 0.3 is 0 Å². The fourth-order valence-corrected chi connectivity index (χ4v) is 2.15. The van der Waals surface area contributed by atoms with Crippen LogP contribution in [0.1, 0.15) is 39.5 Å². The molecule has 0 aliphatic heterocycles. The highest BCUT2D eigenvalue weighted by Gasteiger charge is 2.16. The molecule has 94 valence electrons. The minimum Gasteiger partial charge on any atom is -0.310 e. The Balaban J connectivity index is 2.62. The first-order valence-corrected chi connectivity index (χ1v) is 6.90. The van der Waals surface area contributed by atoms with Crippen LogP contribution >= 0.6 is 15.9 Å². The van der Waals surface area contributed by atoms with Crippen LogP contribution in [0.5, 0.6) is 0 Å². The molecule has 0 saturated carbocycles. The van der Waals surface area contributed by atoms with Crippen LogP contribution in [0, 0.1) is 5.92 Å². The minimum atomic E-state index is 0.0827. The summed E-state index contributed by atoms with van der Waals surface area (Å²) in [7, 11) is 0. The van der Waals surface area contributed by atoms with Gasteiger partial charge in [0.15, 0.2) is 0 Å². The Bertz CT molecular complexity index is 362. The molecule has 0 unspecified atom stereocenters. The molecule has 1 amide bonds. The van der Waals surface area contributed by atoms with Gasteiger partial charge in [0.05, 0.1) is 0 Å². The highest BCUT2D eigenvalue weighted by atomic mass is 79.9. The lowest BCUT2D eigenvalue weighted by Gasteiger charge is -2.14. The Hall–Kier alpha value is -0.900. The van der Waals surface area contributed by atoms with Gasteiger partial charge in [0.25, 0.3) is 0 Å². The fourth-order valence-electron chi connectivity index (χ4n) is 1.81. The molecule has 4 heteroatoms. The van der Waals surface area contributed by atoms with Crippen molar-refractivity contribution in [1.29, 1.82) is 0 Å². The van der Waals surface area contributed by atoms with E-state index in [1.165, 1.54) is 0 Å². The van der Waals surface area contributed by atoms with E-state index in [0.29, 0.717) is 5.82 Å². The molecule has 0 saturated heterocycles. The van der Waals surface area contributed by atoms with Crippen molar-refractivity contribution in [1.82, 2.24) is 4.98 Å². The standard InChI is InChI=1S/C13H19BrN2O/c1-3-6-10(7-4-2)13(17)16-12-9-5-8-11(14)15-12/h5,8-10H,3-4,6-7H2,1-2H3,(H,15,16,17).